The maximum atomic E-state index is 11.9. The number of nitrogens with zero attached hydrogens (tertiary/aromatic N) is 1. The van der Waals surface area contributed by atoms with E-state index >= 15 is 0 Å². The fraction of sp³-hybridized carbons (Fsp3) is 0.214. The lowest BCUT2D eigenvalue weighted by molar-refractivity contribution is -0.380. The van der Waals surface area contributed by atoms with Crippen LogP contribution in [0, 0.1) is 10.1 Å². The fourth-order valence-corrected chi connectivity index (χ4v) is 2.52. The summed E-state index contributed by atoms with van der Waals surface area (Å²) in [6.45, 7) is 2.51. The highest BCUT2D eigenvalue weighted by Gasteiger charge is 2.15. The largest absolute Gasteiger partial charge is 0.351 e. The van der Waals surface area contributed by atoms with Crippen molar-refractivity contribution in [2.75, 3.05) is 6.54 Å². The Labute approximate surface area is 120 Å². The molecule has 2 aromatic rings. The van der Waals surface area contributed by atoms with Crippen molar-refractivity contribution in [1.82, 2.24) is 5.32 Å². The predicted octanol–water partition coefficient (Wildman–Crippen LogP) is 3.19. The van der Waals surface area contributed by atoms with Crippen molar-refractivity contribution in [3.8, 4) is 0 Å². The molecule has 0 aliphatic rings. The van der Waals surface area contributed by atoms with Crippen LogP contribution in [0.4, 0.5) is 5.00 Å². The standard InChI is InChI=1S/C14H14N2O3S/c1-10(11-5-3-2-4-6-11)9-15-14(17)12-7-8-13(20-12)16(18)19/h2-8,10H,9H2,1H3,(H,15,17). The van der Waals surface area contributed by atoms with Gasteiger partial charge in [-0.2, -0.15) is 0 Å². The lowest BCUT2D eigenvalue weighted by Crippen LogP contribution is -2.26. The Hall–Kier alpha value is -2.21. The van der Waals surface area contributed by atoms with Crippen molar-refractivity contribution in [2.45, 2.75) is 12.8 Å². The van der Waals surface area contributed by atoms with Crippen LogP contribution < -0.4 is 5.32 Å². The molecule has 1 heterocycles. The number of nitro groups is 1. The summed E-state index contributed by atoms with van der Waals surface area (Å²) in [5.74, 6) is -0.0824. The highest BCUT2D eigenvalue weighted by Crippen LogP contribution is 2.23. The van der Waals surface area contributed by atoms with Gasteiger partial charge in [0.1, 0.15) is 0 Å². The smallest absolute Gasteiger partial charge is 0.324 e. The van der Waals surface area contributed by atoms with Crippen LogP contribution in [0.25, 0.3) is 0 Å². The van der Waals surface area contributed by atoms with Crippen LogP contribution in [0.3, 0.4) is 0 Å². The summed E-state index contributed by atoms with van der Waals surface area (Å²) in [6.07, 6.45) is 0. The minimum absolute atomic E-state index is 0.0220. The molecule has 1 atom stereocenters. The monoisotopic (exact) mass is 290 g/mol. The lowest BCUT2D eigenvalue weighted by Gasteiger charge is -2.12. The van der Waals surface area contributed by atoms with Crippen LogP contribution in [0.2, 0.25) is 0 Å². The van der Waals surface area contributed by atoms with E-state index in [0.717, 1.165) is 16.9 Å². The van der Waals surface area contributed by atoms with Gasteiger partial charge in [-0.05, 0) is 17.5 Å². The molecule has 2 rings (SSSR count). The quantitative estimate of drug-likeness (QED) is 0.679. The number of carbonyl (C=O) groups excluding carboxylic acids is 1. The minimum atomic E-state index is -0.492. The van der Waals surface area contributed by atoms with Crippen molar-refractivity contribution in [3.63, 3.8) is 0 Å². The molecule has 104 valence electrons. The summed E-state index contributed by atoms with van der Waals surface area (Å²) >= 11 is 0.885. The first kappa shape index (κ1) is 14.2. The molecule has 1 N–H and O–H groups in total. The second-order valence-electron chi connectivity index (χ2n) is 4.42. The Morgan fingerprint density at radius 1 is 1.30 bits per heavy atom. The van der Waals surface area contributed by atoms with Gasteiger partial charge in [0.15, 0.2) is 0 Å². The number of rotatable bonds is 5. The normalized spacial score (nSPS) is 11.8. The fourth-order valence-electron chi connectivity index (χ4n) is 1.78. The molecule has 20 heavy (non-hydrogen) atoms. The maximum absolute atomic E-state index is 11.9. The molecule has 6 heteroatoms. The number of thiophene rings is 1. The molecule has 0 spiro atoms. The number of amides is 1. The summed E-state index contributed by atoms with van der Waals surface area (Å²) < 4.78 is 0. The topological polar surface area (TPSA) is 72.2 Å². The van der Waals surface area contributed by atoms with Crippen molar-refractivity contribution in [3.05, 3.63) is 63.0 Å². The Balaban J connectivity index is 1.93. The first-order chi connectivity index (χ1) is 9.58. The van der Waals surface area contributed by atoms with E-state index in [9.17, 15) is 14.9 Å². The molecule has 1 aromatic heterocycles. The zero-order valence-electron chi connectivity index (χ0n) is 10.9. The third kappa shape index (κ3) is 3.42. The number of hydrogen-bond donors (Lipinski definition) is 1. The molecule has 0 radical (unpaired) electrons. The Morgan fingerprint density at radius 3 is 2.60 bits per heavy atom. The van der Waals surface area contributed by atoms with Gasteiger partial charge < -0.3 is 5.32 Å². The van der Waals surface area contributed by atoms with Crippen molar-refractivity contribution < 1.29 is 9.72 Å². The van der Waals surface area contributed by atoms with E-state index in [1.165, 1.54) is 12.1 Å². The molecule has 0 fully saturated rings. The highest BCUT2D eigenvalue weighted by molar-refractivity contribution is 7.17. The second kappa shape index (κ2) is 6.29. The third-order valence-corrected chi connectivity index (χ3v) is 3.97. The van der Waals surface area contributed by atoms with E-state index in [2.05, 4.69) is 5.32 Å². The molecular weight excluding hydrogens is 276 g/mol. The Bertz CT molecular complexity index is 610. The molecule has 0 saturated carbocycles. The first-order valence-electron chi connectivity index (χ1n) is 6.15. The average Bonchev–Trinajstić information content (AvgIpc) is 2.95. The van der Waals surface area contributed by atoms with Gasteiger partial charge in [0.05, 0.1) is 9.80 Å². The Kier molecular flexibility index (Phi) is 4.47. The van der Waals surface area contributed by atoms with Crippen LogP contribution in [0.5, 0.6) is 0 Å². The van der Waals surface area contributed by atoms with Crippen LogP contribution >= 0.6 is 11.3 Å². The van der Waals surface area contributed by atoms with Crippen molar-refractivity contribution in [2.24, 2.45) is 0 Å². The number of carbonyl (C=O) groups is 1. The zero-order valence-corrected chi connectivity index (χ0v) is 11.7. The summed E-state index contributed by atoms with van der Waals surface area (Å²) in [5.41, 5.74) is 1.14. The number of nitrogens with one attached hydrogen (secondary N) is 1. The van der Waals surface area contributed by atoms with Crippen LogP contribution in [-0.4, -0.2) is 17.4 Å². The van der Waals surface area contributed by atoms with Gasteiger partial charge in [0.25, 0.3) is 5.91 Å². The van der Waals surface area contributed by atoms with Gasteiger partial charge in [0.2, 0.25) is 0 Å². The van der Waals surface area contributed by atoms with Crippen LogP contribution in [0.1, 0.15) is 28.1 Å². The summed E-state index contributed by atoms with van der Waals surface area (Å²) in [5, 5.41) is 13.3. The molecule has 5 nitrogen and oxygen atoms in total. The molecule has 1 aromatic carbocycles. The molecule has 0 aliphatic heterocycles. The first-order valence-corrected chi connectivity index (χ1v) is 6.97. The molecule has 0 saturated heterocycles. The average molecular weight is 290 g/mol. The summed E-state index contributed by atoms with van der Waals surface area (Å²) in [4.78, 5) is 22.3. The molecular formula is C14H14N2O3S. The van der Waals surface area contributed by atoms with Gasteiger partial charge in [-0.25, -0.2) is 0 Å². The van der Waals surface area contributed by atoms with E-state index in [-0.39, 0.29) is 16.8 Å². The van der Waals surface area contributed by atoms with E-state index < -0.39 is 4.92 Å². The van der Waals surface area contributed by atoms with Gasteiger partial charge in [0, 0.05) is 12.6 Å². The SMILES string of the molecule is CC(CNC(=O)c1ccc([N+](=O)[O-])s1)c1ccccc1. The second-order valence-corrected chi connectivity index (χ2v) is 5.48. The number of hydrogen-bond acceptors (Lipinski definition) is 4. The van der Waals surface area contributed by atoms with Crippen LogP contribution in [0.15, 0.2) is 42.5 Å². The van der Waals surface area contributed by atoms with Gasteiger partial charge in [-0.1, -0.05) is 48.6 Å². The molecule has 1 amide bonds. The van der Waals surface area contributed by atoms with Gasteiger partial charge in [-0.3, -0.25) is 14.9 Å². The minimum Gasteiger partial charge on any atom is -0.351 e. The highest BCUT2D eigenvalue weighted by atomic mass is 32.1. The molecule has 0 bridgehead atoms. The maximum Gasteiger partial charge on any atom is 0.324 e. The van der Waals surface area contributed by atoms with E-state index in [4.69, 9.17) is 0 Å². The third-order valence-electron chi connectivity index (χ3n) is 2.93. The van der Waals surface area contributed by atoms with Gasteiger partial charge >= 0.3 is 5.00 Å². The Morgan fingerprint density at radius 2 is 2.00 bits per heavy atom. The molecule has 1 unspecified atom stereocenters. The van der Waals surface area contributed by atoms with Crippen molar-refractivity contribution >= 4 is 22.2 Å². The van der Waals surface area contributed by atoms with E-state index in [0.29, 0.717) is 11.4 Å². The lowest BCUT2D eigenvalue weighted by atomic mass is 10.0. The zero-order chi connectivity index (χ0) is 14.5. The van der Waals surface area contributed by atoms with E-state index in [1.54, 1.807) is 0 Å². The van der Waals surface area contributed by atoms with Crippen LogP contribution in [-0.2, 0) is 0 Å². The van der Waals surface area contributed by atoms with E-state index in [1.807, 2.05) is 37.3 Å². The van der Waals surface area contributed by atoms with Crippen molar-refractivity contribution in [1.29, 1.82) is 0 Å². The summed E-state index contributed by atoms with van der Waals surface area (Å²) in [6, 6.07) is 12.7. The number of benzene rings is 1. The van der Waals surface area contributed by atoms with Gasteiger partial charge in [-0.15, -0.1) is 0 Å². The predicted molar refractivity (Wildman–Crippen MR) is 78.2 cm³/mol. The summed E-state index contributed by atoms with van der Waals surface area (Å²) in [7, 11) is 0. The molecule has 0 aliphatic carbocycles.